The van der Waals surface area contributed by atoms with E-state index in [4.69, 9.17) is 4.74 Å². The third-order valence-electron chi connectivity index (χ3n) is 3.41. The molecular weight excluding hydrogens is 346 g/mol. The molecule has 0 aliphatic heterocycles. The van der Waals surface area contributed by atoms with E-state index in [0.717, 1.165) is 10.0 Å². The third kappa shape index (κ3) is 4.08. The van der Waals surface area contributed by atoms with Gasteiger partial charge in [0, 0.05) is 10.0 Å². The summed E-state index contributed by atoms with van der Waals surface area (Å²) in [7, 11) is 1.57. The number of carbonyl (C=O) groups excluding carboxylic acids is 1. The molecule has 22 heavy (non-hydrogen) atoms. The zero-order chi connectivity index (χ0) is 16.2. The van der Waals surface area contributed by atoms with E-state index in [2.05, 4.69) is 21.2 Å². The highest BCUT2D eigenvalue weighted by Gasteiger charge is 2.23. The van der Waals surface area contributed by atoms with Crippen molar-refractivity contribution >= 4 is 21.8 Å². The van der Waals surface area contributed by atoms with Crippen LogP contribution in [0.2, 0.25) is 0 Å². The molecule has 0 bridgehead atoms. The Morgan fingerprint density at radius 3 is 2.32 bits per heavy atom. The highest BCUT2D eigenvalue weighted by atomic mass is 79.9. The summed E-state index contributed by atoms with van der Waals surface area (Å²) in [5.74, 6) is 0.457. The van der Waals surface area contributed by atoms with Crippen LogP contribution in [0, 0.1) is 0 Å². The maximum atomic E-state index is 12.1. The van der Waals surface area contributed by atoms with Crippen LogP contribution in [-0.4, -0.2) is 24.7 Å². The Kier molecular flexibility index (Phi) is 5.21. The Bertz CT molecular complexity index is 636. The Labute approximate surface area is 138 Å². The van der Waals surface area contributed by atoms with Gasteiger partial charge in [-0.2, -0.15) is 0 Å². The van der Waals surface area contributed by atoms with Gasteiger partial charge in [-0.15, -0.1) is 0 Å². The number of aliphatic hydroxyl groups is 1. The van der Waals surface area contributed by atoms with E-state index in [0.29, 0.717) is 11.3 Å². The molecule has 0 saturated carbocycles. The van der Waals surface area contributed by atoms with Gasteiger partial charge < -0.3 is 15.2 Å². The van der Waals surface area contributed by atoms with E-state index >= 15 is 0 Å². The first-order chi connectivity index (χ1) is 10.4. The molecule has 1 atom stereocenters. The summed E-state index contributed by atoms with van der Waals surface area (Å²) in [5, 5.41) is 13.3. The molecule has 2 rings (SSSR count). The summed E-state index contributed by atoms with van der Waals surface area (Å²) in [6.45, 7) is 1.80. The topological polar surface area (TPSA) is 58.6 Å². The van der Waals surface area contributed by atoms with Crippen molar-refractivity contribution in [1.29, 1.82) is 0 Å². The van der Waals surface area contributed by atoms with Crippen LogP contribution >= 0.6 is 15.9 Å². The van der Waals surface area contributed by atoms with Gasteiger partial charge in [0.1, 0.15) is 11.4 Å². The fourth-order valence-electron chi connectivity index (χ4n) is 2.01. The lowest BCUT2D eigenvalue weighted by molar-refractivity contribution is 0.0526. The monoisotopic (exact) mass is 363 g/mol. The highest BCUT2D eigenvalue weighted by Crippen LogP contribution is 2.22. The quantitative estimate of drug-likeness (QED) is 0.857. The standard InChI is InChI=1S/C17H18BrNO3/c1-17(21,13-5-7-14(18)8-6-13)11-19-16(20)12-3-9-15(22-2)10-4-12/h3-10,21H,11H2,1-2H3,(H,19,20). The summed E-state index contributed by atoms with van der Waals surface area (Å²) in [6, 6.07) is 14.2. The molecule has 0 fully saturated rings. The molecule has 0 spiro atoms. The Hall–Kier alpha value is -1.85. The van der Waals surface area contributed by atoms with E-state index < -0.39 is 5.60 Å². The molecule has 2 N–H and O–H groups in total. The molecule has 0 aliphatic carbocycles. The summed E-state index contributed by atoms with van der Waals surface area (Å²) in [6.07, 6.45) is 0. The fourth-order valence-corrected chi connectivity index (χ4v) is 2.27. The number of ether oxygens (including phenoxy) is 1. The Balaban J connectivity index is 2.01. The summed E-state index contributed by atoms with van der Waals surface area (Å²) in [4.78, 5) is 12.1. The van der Waals surface area contributed by atoms with E-state index in [1.165, 1.54) is 0 Å². The van der Waals surface area contributed by atoms with Gasteiger partial charge in [0.2, 0.25) is 0 Å². The van der Waals surface area contributed by atoms with Crippen LogP contribution in [0.15, 0.2) is 53.0 Å². The minimum atomic E-state index is -1.14. The van der Waals surface area contributed by atoms with Crippen molar-refractivity contribution in [2.24, 2.45) is 0 Å². The first kappa shape index (κ1) is 16.5. The average Bonchev–Trinajstić information content (AvgIpc) is 2.53. The first-order valence-corrected chi connectivity index (χ1v) is 7.62. The number of halogens is 1. The molecule has 116 valence electrons. The normalized spacial score (nSPS) is 13.3. The van der Waals surface area contributed by atoms with Gasteiger partial charge in [-0.05, 0) is 48.9 Å². The van der Waals surface area contributed by atoms with Gasteiger partial charge in [0.25, 0.3) is 5.91 Å². The SMILES string of the molecule is COc1ccc(C(=O)NCC(C)(O)c2ccc(Br)cc2)cc1. The van der Waals surface area contributed by atoms with E-state index in [9.17, 15) is 9.90 Å². The molecule has 0 aliphatic rings. The predicted molar refractivity (Wildman–Crippen MR) is 89.0 cm³/mol. The van der Waals surface area contributed by atoms with Crippen molar-refractivity contribution in [1.82, 2.24) is 5.32 Å². The third-order valence-corrected chi connectivity index (χ3v) is 3.94. The molecule has 2 aromatic rings. The van der Waals surface area contributed by atoms with Crippen LogP contribution < -0.4 is 10.1 Å². The van der Waals surface area contributed by atoms with E-state index in [1.54, 1.807) is 38.3 Å². The first-order valence-electron chi connectivity index (χ1n) is 6.83. The minimum Gasteiger partial charge on any atom is -0.497 e. The van der Waals surface area contributed by atoms with Gasteiger partial charge in [-0.1, -0.05) is 28.1 Å². The Morgan fingerprint density at radius 2 is 1.77 bits per heavy atom. The molecule has 2 aromatic carbocycles. The van der Waals surface area contributed by atoms with Gasteiger partial charge in [0.15, 0.2) is 0 Å². The molecule has 0 aromatic heterocycles. The molecule has 0 heterocycles. The van der Waals surface area contributed by atoms with Crippen LogP contribution in [0.5, 0.6) is 5.75 Å². The zero-order valence-corrected chi connectivity index (χ0v) is 14.1. The zero-order valence-electron chi connectivity index (χ0n) is 12.5. The molecule has 1 amide bonds. The maximum absolute atomic E-state index is 12.1. The fraction of sp³-hybridized carbons (Fsp3) is 0.235. The molecule has 5 heteroatoms. The lowest BCUT2D eigenvalue weighted by atomic mass is 9.96. The van der Waals surface area contributed by atoms with Crippen LogP contribution in [0.4, 0.5) is 0 Å². The molecular formula is C17H18BrNO3. The number of carbonyl (C=O) groups is 1. The smallest absolute Gasteiger partial charge is 0.251 e. The molecule has 1 unspecified atom stereocenters. The number of rotatable bonds is 5. The molecule has 4 nitrogen and oxygen atoms in total. The largest absolute Gasteiger partial charge is 0.497 e. The average molecular weight is 364 g/mol. The summed E-state index contributed by atoms with van der Waals surface area (Å²) >= 11 is 3.36. The van der Waals surface area contributed by atoms with Gasteiger partial charge in [0.05, 0.1) is 13.7 Å². The summed E-state index contributed by atoms with van der Waals surface area (Å²) in [5.41, 5.74) is 0.126. The Morgan fingerprint density at radius 1 is 1.18 bits per heavy atom. The number of methoxy groups -OCH3 is 1. The van der Waals surface area contributed by atoms with Crippen molar-refractivity contribution in [3.05, 3.63) is 64.1 Å². The van der Waals surface area contributed by atoms with Crippen molar-refractivity contribution in [2.75, 3.05) is 13.7 Å². The van der Waals surface area contributed by atoms with Crippen molar-refractivity contribution in [3.63, 3.8) is 0 Å². The van der Waals surface area contributed by atoms with Crippen LogP contribution in [0.3, 0.4) is 0 Å². The van der Waals surface area contributed by atoms with Crippen LogP contribution in [0.1, 0.15) is 22.8 Å². The van der Waals surface area contributed by atoms with Gasteiger partial charge in [-0.25, -0.2) is 0 Å². The van der Waals surface area contributed by atoms with Crippen molar-refractivity contribution < 1.29 is 14.6 Å². The number of hydrogen-bond donors (Lipinski definition) is 2. The lowest BCUT2D eigenvalue weighted by Gasteiger charge is -2.24. The second kappa shape index (κ2) is 6.94. The van der Waals surface area contributed by atoms with E-state index in [-0.39, 0.29) is 12.5 Å². The van der Waals surface area contributed by atoms with Crippen molar-refractivity contribution in [3.8, 4) is 5.75 Å². The van der Waals surface area contributed by atoms with Crippen molar-refractivity contribution in [2.45, 2.75) is 12.5 Å². The van der Waals surface area contributed by atoms with E-state index in [1.807, 2.05) is 24.3 Å². The second-order valence-corrected chi connectivity index (χ2v) is 6.11. The number of nitrogens with one attached hydrogen (secondary N) is 1. The number of hydrogen-bond acceptors (Lipinski definition) is 3. The second-order valence-electron chi connectivity index (χ2n) is 5.19. The molecule has 0 saturated heterocycles. The summed E-state index contributed by atoms with van der Waals surface area (Å²) < 4.78 is 5.99. The predicted octanol–water partition coefficient (Wildman–Crippen LogP) is 3.10. The van der Waals surface area contributed by atoms with Gasteiger partial charge >= 0.3 is 0 Å². The van der Waals surface area contributed by atoms with Crippen LogP contribution in [-0.2, 0) is 5.60 Å². The van der Waals surface area contributed by atoms with Crippen LogP contribution in [0.25, 0.3) is 0 Å². The maximum Gasteiger partial charge on any atom is 0.251 e. The lowest BCUT2D eigenvalue weighted by Crippen LogP contribution is -2.38. The number of benzene rings is 2. The number of amides is 1. The minimum absolute atomic E-state index is 0.124. The molecule has 0 radical (unpaired) electrons. The van der Waals surface area contributed by atoms with Gasteiger partial charge in [-0.3, -0.25) is 4.79 Å². The highest BCUT2D eigenvalue weighted by molar-refractivity contribution is 9.10.